The van der Waals surface area contributed by atoms with E-state index in [-0.39, 0.29) is 18.1 Å². The second-order valence-electron chi connectivity index (χ2n) is 6.89. The van der Waals surface area contributed by atoms with Crippen LogP contribution in [-0.2, 0) is 26.4 Å². The van der Waals surface area contributed by atoms with E-state index in [0.717, 1.165) is 62.3 Å². The molecule has 0 radical (unpaired) electrons. The van der Waals surface area contributed by atoms with Crippen LogP contribution < -0.4 is 10.6 Å². The fourth-order valence-corrected chi connectivity index (χ4v) is 3.90. The number of fused-ring (bicyclic) bond motifs is 2. The van der Waals surface area contributed by atoms with Crippen LogP contribution in [0.25, 0.3) is 0 Å². The smallest absolute Gasteiger partial charge is 0.315 e. The predicted molar refractivity (Wildman–Crippen MR) is 91.9 cm³/mol. The van der Waals surface area contributed by atoms with Crippen LogP contribution in [0.5, 0.6) is 0 Å². The molecule has 8 heteroatoms. The minimum Gasteiger partial charge on any atom is -0.331 e. The van der Waals surface area contributed by atoms with Crippen LogP contribution in [0, 0.1) is 0 Å². The number of nitrogens with one attached hydrogen (secondary N) is 2. The maximum Gasteiger partial charge on any atom is 0.315 e. The molecule has 4 rings (SSSR count). The Morgan fingerprint density at radius 3 is 2.92 bits per heavy atom. The molecule has 0 spiro atoms. The van der Waals surface area contributed by atoms with Crippen molar-refractivity contribution in [3.63, 3.8) is 0 Å². The molecule has 2 amide bonds. The number of aryl methyl sites for hydroxylation is 3. The molecular weight excluding hydrogens is 318 g/mol. The van der Waals surface area contributed by atoms with Gasteiger partial charge in [-0.3, -0.25) is 4.68 Å². The number of hydrogen-bond donors (Lipinski definition) is 2. The number of carbonyl (C=O) groups is 1. The standard InChI is InChI=1S/C17H25N7O/c1-3-15-21-16-13(7-5-9-24(16)22-15)20-17(25)19-12-6-4-8-14-11(12)10-18-23(14)2/h10,12-13H,3-9H2,1-2H3,(H2,19,20,25)/t12-,13+/m1/s1. The molecule has 25 heavy (non-hydrogen) atoms. The highest BCUT2D eigenvalue weighted by atomic mass is 16.2. The molecule has 2 aromatic heterocycles. The maximum atomic E-state index is 12.6. The summed E-state index contributed by atoms with van der Waals surface area (Å²) in [6, 6.07) is -0.176. The molecule has 1 aliphatic heterocycles. The van der Waals surface area contributed by atoms with Gasteiger partial charge < -0.3 is 10.6 Å². The van der Waals surface area contributed by atoms with Gasteiger partial charge >= 0.3 is 6.03 Å². The monoisotopic (exact) mass is 343 g/mol. The summed E-state index contributed by atoms with van der Waals surface area (Å²) in [6.45, 7) is 2.93. The first-order chi connectivity index (χ1) is 12.2. The molecule has 2 N–H and O–H groups in total. The first-order valence-electron chi connectivity index (χ1n) is 9.17. The van der Waals surface area contributed by atoms with Crippen molar-refractivity contribution in [1.82, 2.24) is 35.2 Å². The molecule has 8 nitrogen and oxygen atoms in total. The molecule has 2 aliphatic rings. The second-order valence-corrected chi connectivity index (χ2v) is 6.89. The van der Waals surface area contributed by atoms with Gasteiger partial charge in [0.1, 0.15) is 5.82 Å². The number of nitrogens with zero attached hydrogens (tertiary/aromatic N) is 5. The quantitative estimate of drug-likeness (QED) is 0.889. The normalized spacial score (nSPS) is 22.2. The minimum atomic E-state index is -0.138. The fourth-order valence-electron chi connectivity index (χ4n) is 3.90. The Hall–Kier alpha value is -2.38. The molecule has 1 aliphatic carbocycles. The summed E-state index contributed by atoms with van der Waals surface area (Å²) in [5.74, 6) is 1.72. The summed E-state index contributed by atoms with van der Waals surface area (Å²) >= 11 is 0. The van der Waals surface area contributed by atoms with Crippen LogP contribution in [0.1, 0.15) is 67.6 Å². The molecule has 3 heterocycles. The third kappa shape index (κ3) is 3.01. The lowest BCUT2D eigenvalue weighted by Gasteiger charge is -2.27. The van der Waals surface area contributed by atoms with Gasteiger partial charge in [0.15, 0.2) is 5.82 Å². The largest absolute Gasteiger partial charge is 0.331 e. The lowest BCUT2D eigenvalue weighted by molar-refractivity contribution is 0.227. The zero-order valence-corrected chi connectivity index (χ0v) is 14.8. The van der Waals surface area contributed by atoms with Crippen LogP contribution in [0.4, 0.5) is 4.79 Å². The van der Waals surface area contributed by atoms with E-state index in [1.165, 1.54) is 5.69 Å². The van der Waals surface area contributed by atoms with Crippen LogP contribution >= 0.6 is 0 Å². The van der Waals surface area contributed by atoms with Crippen LogP contribution in [0.3, 0.4) is 0 Å². The number of aromatic nitrogens is 5. The third-order valence-corrected chi connectivity index (χ3v) is 5.22. The number of hydrogen-bond acceptors (Lipinski definition) is 4. The highest BCUT2D eigenvalue weighted by Gasteiger charge is 2.28. The van der Waals surface area contributed by atoms with E-state index < -0.39 is 0 Å². The van der Waals surface area contributed by atoms with E-state index in [4.69, 9.17) is 0 Å². The van der Waals surface area contributed by atoms with Gasteiger partial charge in [0.05, 0.1) is 18.3 Å². The van der Waals surface area contributed by atoms with Crippen molar-refractivity contribution < 1.29 is 4.79 Å². The predicted octanol–water partition coefficient (Wildman–Crippen LogP) is 1.79. The molecule has 0 bridgehead atoms. The van der Waals surface area contributed by atoms with Crippen molar-refractivity contribution in [1.29, 1.82) is 0 Å². The van der Waals surface area contributed by atoms with E-state index in [9.17, 15) is 4.79 Å². The molecular formula is C17H25N7O. The second kappa shape index (κ2) is 6.50. The summed E-state index contributed by atoms with van der Waals surface area (Å²) < 4.78 is 3.85. The summed E-state index contributed by atoms with van der Waals surface area (Å²) in [5.41, 5.74) is 2.37. The minimum absolute atomic E-state index is 0.0325. The van der Waals surface area contributed by atoms with Crippen molar-refractivity contribution in [2.45, 2.75) is 64.1 Å². The molecule has 2 atom stereocenters. The highest BCUT2D eigenvalue weighted by Crippen LogP contribution is 2.29. The van der Waals surface area contributed by atoms with Gasteiger partial charge in [-0.25, -0.2) is 14.5 Å². The van der Waals surface area contributed by atoms with Crippen LogP contribution in [0.15, 0.2) is 6.20 Å². The van der Waals surface area contributed by atoms with Gasteiger partial charge in [-0.15, -0.1) is 0 Å². The average Bonchev–Trinajstić information content (AvgIpc) is 3.20. The Morgan fingerprint density at radius 1 is 1.28 bits per heavy atom. The zero-order chi connectivity index (χ0) is 17.4. The van der Waals surface area contributed by atoms with Crippen LogP contribution in [0.2, 0.25) is 0 Å². The lowest BCUT2D eigenvalue weighted by Crippen LogP contribution is -2.42. The lowest BCUT2D eigenvalue weighted by atomic mass is 9.93. The number of amides is 2. The molecule has 0 saturated carbocycles. The van der Waals surface area contributed by atoms with Gasteiger partial charge in [0.25, 0.3) is 0 Å². The van der Waals surface area contributed by atoms with Crippen molar-refractivity contribution in [2.75, 3.05) is 0 Å². The third-order valence-electron chi connectivity index (χ3n) is 5.22. The zero-order valence-electron chi connectivity index (χ0n) is 14.8. The van der Waals surface area contributed by atoms with Gasteiger partial charge in [-0.1, -0.05) is 6.92 Å². The SMILES string of the molecule is CCc1nc2n(n1)CCC[C@@H]2NC(=O)N[C@@H]1CCCc2c1cnn2C. The van der Waals surface area contributed by atoms with Crippen LogP contribution in [-0.4, -0.2) is 30.6 Å². The molecule has 0 aromatic carbocycles. The Kier molecular flexibility index (Phi) is 4.19. The Balaban J connectivity index is 1.45. The first kappa shape index (κ1) is 16.1. The Labute approximate surface area is 147 Å². The van der Waals surface area contributed by atoms with E-state index in [1.54, 1.807) is 0 Å². The maximum absolute atomic E-state index is 12.6. The van der Waals surface area contributed by atoms with Crippen molar-refractivity contribution in [3.8, 4) is 0 Å². The van der Waals surface area contributed by atoms with Gasteiger partial charge in [0.2, 0.25) is 0 Å². The van der Waals surface area contributed by atoms with Crippen molar-refractivity contribution >= 4 is 6.03 Å². The summed E-state index contributed by atoms with van der Waals surface area (Å²) in [4.78, 5) is 17.2. The number of rotatable bonds is 3. The highest BCUT2D eigenvalue weighted by molar-refractivity contribution is 5.75. The molecule has 0 fully saturated rings. The Bertz CT molecular complexity index is 778. The summed E-state index contributed by atoms with van der Waals surface area (Å²) in [7, 11) is 1.96. The van der Waals surface area contributed by atoms with E-state index >= 15 is 0 Å². The van der Waals surface area contributed by atoms with Crippen molar-refractivity contribution in [2.24, 2.45) is 7.05 Å². The van der Waals surface area contributed by atoms with E-state index in [2.05, 4.69) is 25.8 Å². The topological polar surface area (TPSA) is 89.7 Å². The van der Waals surface area contributed by atoms with Crippen molar-refractivity contribution in [3.05, 3.63) is 29.1 Å². The summed E-state index contributed by atoms with van der Waals surface area (Å²) in [5, 5.41) is 15.1. The van der Waals surface area contributed by atoms with Gasteiger partial charge in [-0.05, 0) is 32.1 Å². The fraction of sp³-hybridized carbons (Fsp3) is 0.647. The average molecular weight is 343 g/mol. The van der Waals surface area contributed by atoms with Gasteiger partial charge in [0, 0.05) is 31.3 Å². The molecule has 0 unspecified atom stereocenters. The van der Waals surface area contributed by atoms with E-state index in [0.29, 0.717) is 0 Å². The Morgan fingerprint density at radius 2 is 2.08 bits per heavy atom. The van der Waals surface area contributed by atoms with E-state index in [1.807, 2.05) is 29.5 Å². The van der Waals surface area contributed by atoms with Gasteiger partial charge in [-0.2, -0.15) is 10.2 Å². The number of urea groups is 1. The first-order valence-corrected chi connectivity index (χ1v) is 9.17. The molecule has 2 aromatic rings. The summed E-state index contributed by atoms with van der Waals surface area (Å²) in [6.07, 6.45) is 7.63. The number of carbonyl (C=O) groups excluding carboxylic acids is 1. The molecule has 0 saturated heterocycles. The molecule has 134 valence electrons.